The van der Waals surface area contributed by atoms with Crippen LogP contribution in [0, 0.1) is 0 Å². The molecule has 0 aromatic rings. The van der Waals surface area contributed by atoms with Crippen LogP contribution in [-0.2, 0) is 0 Å². The van der Waals surface area contributed by atoms with Crippen molar-refractivity contribution >= 4 is 15.9 Å². The Labute approximate surface area is 84.2 Å². The molecule has 12 heavy (non-hydrogen) atoms. The predicted molar refractivity (Wildman–Crippen MR) is 60.7 cm³/mol. The van der Waals surface area contributed by atoms with Gasteiger partial charge in [-0.15, -0.1) is 13.2 Å². The van der Waals surface area contributed by atoms with Gasteiger partial charge in [0.25, 0.3) is 0 Å². The summed E-state index contributed by atoms with van der Waals surface area (Å²) >= 11 is 3.45. The molecule has 0 atom stereocenters. The van der Waals surface area contributed by atoms with Crippen molar-refractivity contribution in [3.63, 3.8) is 0 Å². The highest BCUT2D eigenvalue weighted by molar-refractivity contribution is 9.09. The molecule has 0 bridgehead atoms. The number of hydrogen-bond acceptors (Lipinski definition) is 0. The maximum Gasteiger partial charge on any atom is 0.0244 e. The van der Waals surface area contributed by atoms with Crippen LogP contribution < -0.4 is 0 Å². The lowest BCUT2D eigenvalue weighted by atomic mass is 10.1. The molecule has 0 saturated carbocycles. The third-order valence-corrected chi connectivity index (χ3v) is 2.30. The zero-order chi connectivity index (χ0) is 9.40. The topological polar surface area (TPSA) is 0 Å². The van der Waals surface area contributed by atoms with Gasteiger partial charge in [0.1, 0.15) is 0 Å². The molecular formula is C11H17Br. The minimum absolute atomic E-state index is 0.954. The summed E-state index contributed by atoms with van der Waals surface area (Å²) in [5, 5.41) is 0.954. The van der Waals surface area contributed by atoms with Crippen molar-refractivity contribution in [1.29, 1.82) is 0 Å². The summed E-state index contributed by atoms with van der Waals surface area (Å²) in [4.78, 5) is 0. The minimum atomic E-state index is 0.954. The van der Waals surface area contributed by atoms with Crippen molar-refractivity contribution in [3.05, 3.63) is 36.5 Å². The first-order valence-electron chi connectivity index (χ1n) is 4.19. The number of allylic oxidation sites excluding steroid dienone is 4. The SMILES string of the molecule is C=CC/C(=C\CCC(=C)C)CBr. The molecule has 0 amide bonds. The van der Waals surface area contributed by atoms with Gasteiger partial charge in [0, 0.05) is 5.33 Å². The number of rotatable bonds is 6. The first-order chi connectivity index (χ1) is 5.70. The van der Waals surface area contributed by atoms with E-state index in [0.717, 1.165) is 24.6 Å². The third-order valence-electron chi connectivity index (χ3n) is 1.58. The van der Waals surface area contributed by atoms with Crippen molar-refractivity contribution in [3.8, 4) is 0 Å². The van der Waals surface area contributed by atoms with Gasteiger partial charge in [-0.1, -0.05) is 39.2 Å². The molecule has 0 saturated heterocycles. The lowest BCUT2D eigenvalue weighted by molar-refractivity contribution is 0.967. The molecule has 1 heteroatoms. The molecule has 0 aliphatic carbocycles. The lowest BCUT2D eigenvalue weighted by Crippen LogP contribution is -1.83. The van der Waals surface area contributed by atoms with Gasteiger partial charge in [0.15, 0.2) is 0 Å². The number of hydrogen-bond donors (Lipinski definition) is 0. The van der Waals surface area contributed by atoms with Crippen LogP contribution in [0.2, 0.25) is 0 Å². The zero-order valence-corrected chi connectivity index (χ0v) is 9.36. The summed E-state index contributed by atoms with van der Waals surface area (Å²) in [6, 6.07) is 0. The highest BCUT2D eigenvalue weighted by Gasteiger charge is 1.91. The summed E-state index contributed by atoms with van der Waals surface area (Å²) in [5.74, 6) is 0. The van der Waals surface area contributed by atoms with Gasteiger partial charge in [-0.2, -0.15) is 0 Å². The van der Waals surface area contributed by atoms with Crippen molar-refractivity contribution in [1.82, 2.24) is 0 Å². The largest absolute Gasteiger partial charge is 0.103 e. The molecule has 0 N–H and O–H groups in total. The van der Waals surface area contributed by atoms with Crippen molar-refractivity contribution in [2.24, 2.45) is 0 Å². The van der Waals surface area contributed by atoms with Gasteiger partial charge in [0.05, 0.1) is 0 Å². The van der Waals surface area contributed by atoms with Gasteiger partial charge in [-0.3, -0.25) is 0 Å². The average molecular weight is 229 g/mol. The molecule has 0 unspecified atom stereocenters. The van der Waals surface area contributed by atoms with Gasteiger partial charge in [0.2, 0.25) is 0 Å². The van der Waals surface area contributed by atoms with E-state index in [0.29, 0.717) is 0 Å². The van der Waals surface area contributed by atoms with Crippen LogP contribution in [-0.4, -0.2) is 5.33 Å². The fraction of sp³-hybridized carbons (Fsp3) is 0.455. The second kappa shape index (κ2) is 7.35. The van der Waals surface area contributed by atoms with E-state index in [-0.39, 0.29) is 0 Å². The zero-order valence-electron chi connectivity index (χ0n) is 7.78. The van der Waals surface area contributed by atoms with Crippen LogP contribution in [0.25, 0.3) is 0 Å². The first kappa shape index (κ1) is 11.7. The van der Waals surface area contributed by atoms with Crippen molar-refractivity contribution in [2.75, 3.05) is 5.33 Å². The molecule has 68 valence electrons. The van der Waals surface area contributed by atoms with E-state index in [1.807, 2.05) is 6.08 Å². The Morgan fingerprint density at radius 1 is 1.50 bits per heavy atom. The highest BCUT2D eigenvalue weighted by atomic mass is 79.9. The van der Waals surface area contributed by atoms with Crippen LogP contribution in [0.5, 0.6) is 0 Å². The Hall–Kier alpha value is -0.300. The Morgan fingerprint density at radius 2 is 2.17 bits per heavy atom. The molecule has 0 nitrogen and oxygen atoms in total. The Morgan fingerprint density at radius 3 is 2.58 bits per heavy atom. The molecule has 0 heterocycles. The predicted octanol–water partition coefficient (Wildman–Crippen LogP) is 4.24. The van der Waals surface area contributed by atoms with Crippen LogP contribution in [0.4, 0.5) is 0 Å². The molecule has 0 aliphatic rings. The minimum Gasteiger partial charge on any atom is -0.103 e. The summed E-state index contributed by atoms with van der Waals surface area (Å²) in [6.07, 6.45) is 7.39. The molecule has 0 aromatic heterocycles. The summed E-state index contributed by atoms with van der Waals surface area (Å²) in [5.41, 5.74) is 2.66. The summed E-state index contributed by atoms with van der Waals surface area (Å²) in [6.45, 7) is 9.64. The third kappa shape index (κ3) is 6.41. The quantitative estimate of drug-likeness (QED) is 0.472. The Kier molecular flexibility index (Phi) is 7.17. The molecule has 0 rings (SSSR count). The molecule has 0 aliphatic heterocycles. The average Bonchev–Trinajstić information content (AvgIpc) is 2.02. The molecule has 0 fully saturated rings. The molecule has 0 aromatic carbocycles. The van der Waals surface area contributed by atoms with E-state index in [2.05, 4.69) is 42.1 Å². The second-order valence-electron chi connectivity index (χ2n) is 2.98. The van der Waals surface area contributed by atoms with Gasteiger partial charge >= 0.3 is 0 Å². The Bertz CT molecular complexity index is 177. The lowest BCUT2D eigenvalue weighted by Gasteiger charge is -1.99. The van der Waals surface area contributed by atoms with E-state index >= 15 is 0 Å². The van der Waals surface area contributed by atoms with E-state index in [1.165, 1.54) is 11.1 Å². The van der Waals surface area contributed by atoms with Crippen molar-refractivity contribution in [2.45, 2.75) is 26.2 Å². The summed E-state index contributed by atoms with van der Waals surface area (Å²) in [7, 11) is 0. The maximum atomic E-state index is 3.86. The molecular weight excluding hydrogens is 212 g/mol. The Balaban J connectivity index is 3.76. The van der Waals surface area contributed by atoms with Gasteiger partial charge < -0.3 is 0 Å². The van der Waals surface area contributed by atoms with Crippen LogP contribution >= 0.6 is 15.9 Å². The monoisotopic (exact) mass is 228 g/mol. The summed E-state index contributed by atoms with van der Waals surface area (Å²) < 4.78 is 0. The van der Waals surface area contributed by atoms with E-state index in [9.17, 15) is 0 Å². The maximum absolute atomic E-state index is 3.86. The van der Waals surface area contributed by atoms with Crippen LogP contribution in [0.15, 0.2) is 36.5 Å². The second-order valence-corrected chi connectivity index (χ2v) is 3.55. The molecule has 0 spiro atoms. The van der Waals surface area contributed by atoms with Crippen LogP contribution in [0.3, 0.4) is 0 Å². The van der Waals surface area contributed by atoms with Crippen LogP contribution in [0.1, 0.15) is 26.2 Å². The smallest absolute Gasteiger partial charge is 0.0244 e. The van der Waals surface area contributed by atoms with E-state index in [4.69, 9.17) is 0 Å². The highest BCUT2D eigenvalue weighted by Crippen LogP contribution is 2.10. The first-order valence-corrected chi connectivity index (χ1v) is 5.32. The number of halogens is 1. The standard InChI is InChI=1S/C11H17Br/c1-4-6-11(9-12)8-5-7-10(2)3/h4,8H,1-2,5-7,9H2,3H3/b11-8+. The fourth-order valence-corrected chi connectivity index (χ4v) is 1.36. The van der Waals surface area contributed by atoms with Gasteiger partial charge in [-0.25, -0.2) is 0 Å². The van der Waals surface area contributed by atoms with E-state index in [1.54, 1.807) is 0 Å². The molecule has 0 radical (unpaired) electrons. The van der Waals surface area contributed by atoms with Crippen molar-refractivity contribution < 1.29 is 0 Å². The van der Waals surface area contributed by atoms with Gasteiger partial charge in [-0.05, 0) is 26.2 Å². The number of alkyl halides is 1. The normalized spacial score (nSPS) is 11.3. The van der Waals surface area contributed by atoms with E-state index < -0.39 is 0 Å². The fourth-order valence-electron chi connectivity index (χ4n) is 0.901.